The lowest BCUT2D eigenvalue weighted by molar-refractivity contribution is -0.149. The van der Waals surface area contributed by atoms with Gasteiger partial charge in [0.05, 0.1) is 12.2 Å². The van der Waals surface area contributed by atoms with Crippen LogP contribution in [0.25, 0.3) is 0 Å². The molecule has 2 aromatic rings. The molecule has 0 radical (unpaired) electrons. The van der Waals surface area contributed by atoms with Gasteiger partial charge < -0.3 is 14.8 Å². The molecule has 0 atom stereocenters. The summed E-state index contributed by atoms with van der Waals surface area (Å²) in [5.74, 6) is -0.0955. The molecular formula is C20H23N3O5. The zero-order chi connectivity index (χ0) is 19.9. The van der Waals surface area contributed by atoms with Gasteiger partial charge in [0.15, 0.2) is 19.0 Å². The topological polar surface area (TPSA) is 99.5 Å². The molecule has 1 fully saturated rings. The molecule has 0 spiro atoms. The van der Waals surface area contributed by atoms with Gasteiger partial charge in [-0.05, 0) is 44.0 Å². The zero-order valence-electron chi connectivity index (χ0n) is 15.7. The van der Waals surface area contributed by atoms with Gasteiger partial charge in [-0.2, -0.15) is 5.10 Å². The van der Waals surface area contributed by atoms with Crippen molar-refractivity contribution in [1.82, 2.24) is 9.78 Å². The van der Waals surface area contributed by atoms with Crippen molar-refractivity contribution in [2.24, 2.45) is 0 Å². The minimum atomic E-state index is -0.657. The van der Waals surface area contributed by atoms with Crippen LogP contribution in [0.2, 0.25) is 0 Å². The fourth-order valence-corrected chi connectivity index (χ4v) is 3.15. The predicted molar refractivity (Wildman–Crippen MR) is 101 cm³/mol. The van der Waals surface area contributed by atoms with Gasteiger partial charge in [-0.1, -0.05) is 12.8 Å². The van der Waals surface area contributed by atoms with E-state index in [9.17, 15) is 14.4 Å². The van der Waals surface area contributed by atoms with Crippen molar-refractivity contribution in [2.75, 3.05) is 18.5 Å². The van der Waals surface area contributed by atoms with Gasteiger partial charge in [-0.25, -0.2) is 9.48 Å². The van der Waals surface area contributed by atoms with Gasteiger partial charge in [-0.15, -0.1) is 0 Å². The van der Waals surface area contributed by atoms with Crippen molar-refractivity contribution in [3.05, 3.63) is 42.1 Å². The lowest BCUT2D eigenvalue weighted by Gasteiger charge is -2.14. The fourth-order valence-electron chi connectivity index (χ4n) is 3.15. The first-order chi connectivity index (χ1) is 13.5. The van der Waals surface area contributed by atoms with Gasteiger partial charge in [0, 0.05) is 11.6 Å². The Bertz CT molecular complexity index is 838. The van der Waals surface area contributed by atoms with Gasteiger partial charge in [0.25, 0.3) is 5.91 Å². The maximum absolute atomic E-state index is 12.1. The molecule has 1 saturated carbocycles. The first kappa shape index (κ1) is 19.6. The predicted octanol–water partition coefficient (Wildman–Crippen LogP) is 2.76. The summed E-state index contributed by atoms with van der Waals surface area (Å²) in [6, 6.07) is 8.46. The Morgan fingerprint density at radius 3 is 2.50 bits per heavy atom. The first-order valence-corrected chi connectivity index (χ1v) is 9.25. The van der Waals surface area contributed by atoms with Crippen LogP contribution in [-0.2, 0) is 14.3 Å². The van der Waals surface area contributed by atoms with Crippen molar-refractivity contribution >= 4 is 23.5 Å². The molecule has 0 bridgehead atoms. The van der Waals surface area contributed by atoms with Gasteiger partial charge in [-0.3, -0.25) is 9.59 Å². The molecule has 1 amide bonds. The minimum Gasteiger partial charge on any atom is -0.482 e. The summed E-state index contributed by atoms with van der Waals surface area (Å²) in [7, 11) is 0. The highest BCUT2D eigenvalue weighted by Gasteiger charge is 2.20. The Morgan fingerprint density at radius 2 is 1.82 bits per heavy atom. The Balaban J connectivity index is 1.41. The molecule has 8 nitrogen and oxygen atoms in total. The number of ketones is 1. The number of benzene rings is 1. The summed E-state index contributed by atoms with van der Waals surface area (Å²) < 4.78 is 12.1. The molecule has 1 N–H and O–H groups in total. The van der Waals surface area contributed by atoms with E-state index in [1.807, 2.05) is 4.68 Å². The van der Waals surface area contributed by atoms with Crippen LogP contribution >= 0.6 is 0 Å². The number of Topliss-reactive ketones (excluding diaryl/α,β-unsaturated/α-hetero) is 1. The first-order valence-electron chi connectivity index (χ1n) is 9.25. The van der Waals surface area contributed by atoms with Crippen LogP contribution in [0.15, 0.2) is 36.5 Å². The van der Waals surface area contributed by atoms with Crippen LogP contribution in [0, 0.1) is 0 Å². The molecule has 1 aliphatic carbocycles. The number of rotatable bonds is 8. The SMILES string of the molecule is CC(=O)c1ccc(OCC(=O)OCC(=O)Nc2ccnn2C2CCCC2)cc1. The van der Waals surface area contributed by atoms with Crippen LogP contribution in [0.4, 0.5) is 5.82 Å². The lowest BCUT2D eigenvalue weighted by atomic mass is 10.1. The molecule has 1 aromatic heterocycles. The highest BCUT2D eigenvalue weighted by molar-refractivity contribution is 5.94. The summed E-state index contributed by atoms with van der Waals surface area (Å²) in [6.07, 6.45) is 6.06. The minimum absolute atomic E-state index is 0.0498. The Morgan fingerprint density at radius 1 is 1.11 bits per heavy atom. The van der Waals surface area contributed by atoms with E-state index < -0.39 is 18.5 Å². The van der Waals surface area contributed by atoms with Crippen molar-refractivity contribution in [3.8, 4) is 5.75 Å². The van der Waals surface area contributed by atoms with Crippen LogP contribution in [0.3, 0.4) is 0 Å². The molecule has 1 heterocycles. The third-order valence-electron chi connectivity index (χ3n) is 4.59. The van der Waals surface area contributed by atoms with E-state index in [0.29, 0.717) is 23.2 Å². The molecular weight excluding hydrogens is 362 g/mol. The average Bonchev–Trinajstić information content (AvgIpc) is 3.36. The summed E-state index contributed by atoms with van der Waals surface area (Å²) in [4.78, 5) is 35.1. The van der Waals surface area contributed by atoms with E-state index in [1.54, 1.807) is 36.5 Å². The number of esters is 1. The maximum atomic E-state index is 12.1. The zero-order valence-corrected chi connectivity index (χ0v) is 15.7. The van der Waals surface area contributed by atoms with Crippen LogP contribution in [0.5, 0.6) is 5.75 Å². The number of anilines is 1. The standard InChI is InChI=1S/C20H23N3O5/c1-14(24)15-6-8-17(9-7-15)27-13-20(26)28-12-19(25)22-18-10-11-21-23(18)16-4-2-3-5-16/h6-11,16H,2-5,12-13H2,1H3,(H,22,25). The van der Waals surface area contributed by atoms with Crippen molar-refractivity contribution in [2.45, 2.75) is 38.6 Å². The molecule has 0 aliphatic heterocycles. The molecule has 8 heteroatoms. The van der Waals surface area contributed by atoms with Gasteiger partial charge >= 0.3 is 5.97 Å². The second-order valence-corrected chi connectivity index (χ2v) is 6.68. The second kappa shape index (κ2) is 9.16. The summed E-state index contributed by atoms with van der Waals surface area (Å²) in [5.41, 5.74) is 0.559. The number of amides is 1. The number of ether oxygens (including phenoxy) is 2. The molecule has 1 aromatic carbocycles. The maximum Gasteiger partial charge on any atom is 0.344 e. The Labute approximate surface area is 162 Å². The number of aromatic nitrogens is 2. The van der Waals surface area contributed by atoms with E-state index in [1.165, 1.54) is 6.92 Å². The molecule has 0 unspecified atom stereocenters. The monoisotopic (exact) mass is 385 g/mol. The smallest absolute Gasteiger partial charge is 0.344 e. The average molecular weight is 385 g/mol. The summed E-state index contributed by atoms with van der Waals surface area (Å²) in [5, 5.41) is 7.00. The molecule has 3 rings (SSSR count). The van der Waals surface area contributed by atoms with Gasteiger partial charge in [0.1, 0.15) is 11.6 Å². The van der Waals surface area contributed by atoms with Crippen LogP contribution in [-0.4, -0.2) is 40.7 Å². The third kappa shape index (κ3) is 5.18. The quantitative estimate of drug-likeness (QED) is 0.554. The van der Waals surface area contributed by atoms with Crippen LogP contribution < -0.4 is 10.1 Å². The van der Waals surface area contributed by atoms with Crippen molar-refractivity contribution in [3.63, 3.8) is 0 Å². The summed E-state index contributed by atoms with van der Waals surface area (Å²) >= 11 is 0. The molecule has 148 valence electrons. The normalized spacial score (nSPS) is 13.9. The van der Waals surface area contributed by atoms with E-state index in [2.05, 4.69) is 10.4 Å². The Hall–Kier alpha value is -3.16. The van der Waals surface area contributed by atoms with E-state index >= 15 is 0 Å². The third-order valence-corrected chi connectivity index (χ3v) is 4.59. The Kier molecular flexibility index (Phi) is 6.41. The highest BCUT2D eigenvalue weighted by atomic mass is 16.6. The van der Waals surface area contributed by atoms with E-state index in [4.69, 9.17) is 9.47 Å². The number of nitrogens with zero attached hydrogens (tertiary/aromatic N) is 2. The second-order valence-electron chi connectivity index (χ2n) is 6.68. The molecule has 1 aliphatic rings. The largest absolute Gasteiger partial charge is 0.482 e. The van der Waals surface area contributed by atoms with Crippen molar-refractivity contribution in [1.29, 1.82) is 0 Å². The molecule has 28 heavy (non-hydrogen) atoms. The lowest BCUT2D eigenvalue weighted by Crippen LogP contribution is -2.25. The van der Waals surface area contributed by atoms with Gasteiger partial charge in [0.2, 0.25) is 0 Å². The fraction of sp³-hybridized carbons (Fsp3) is 0.400. The molecule has 0 saturated heterocycles. The summed E-state index contributed by atoms with van der Waals surface area (Å²) in [6.45, 7) is 0.743. The van der Waals surface area contributed by atoms with E-state index in [-0.39, 0.29) is 12.4 Å². The van der Waals surface area contributed by atoms with Crippen molar-refractivity contribution < 1.29 is 23.9 Å². The highest BCUT2D eigenvalue weighted by Crippen LogP contribution is 2.31. The van der Waals surface area contributed by atoms with Crippen LogP contribution in [0.1, 0.15) is 49.0 Å². The number of hydrogen-bond donors (Lipinski definition) is 1. The number of hydrogen-bond acceptors (Lipinski definition) is 6. The number of nitrogens with one attached hydrogen (secondary N) is 1. The number of carbonyl (C=O) groups is 3. The van der Waals surface area contributed by atoms with E-state index in [0.717, 1.165) is 25.7 Å². The number of carbonyl (C=O) groups excluding carboxylic acids is 3.